The molecule has 2 amide bonds. The summed E-state index contributed by atoms with van der Waals surface area (Å²) in [6, 6.07) is 32.0. The van der Waals surface area contributed by atoms with E-state index in [1.165, 1.54) is 0 Å². The fraction of sp³-hybridized carbons (Fsp3) is 0.103. The maximum Gasteiger partial charge on any atom is 0.258 e. The molecule has 4 nitrogen and oxygen atoms in total. The quantitative estimate of drug-likeness (QED) is 0.329. The predicted molar refractivity (Wildman–Crippen MR) is 138 cm³/mol. The van der Waals surface area contributed by atoms with Crippen LogP contribution in [0.4, 0.5) is 11.4 Å². The van der Waals surface area contributed by atoms with Crippen molar-refractivity contribution in [3.05, 3.63) is 130 Å². The molecule has 1 N–H and O–H groups in total. The Bertz CT molecular complexity index is 1270. The zero-order chi connectivity index (χ0) is 23.9. The first-order chi connectivity index (χ1) is 16.5. The van der Waals surface area contributed by atoms with Gasteiger partial charge in [-0.3, -0.25) is 9.59 Å². The second-order valence-electron chi connectivity index (χ2n) is 8.14. The molecule has 4 aromatic carbocycles. The van der Waals surface area contributed by atoms with E-state index in [1.807, 2.05) is 85.8 Å². The van der Waals surface area contributed by atoms with Crippen molar-refractivity contribution in [3.63, 3.8) is 0 Å². The third-order valence-corrected chi connectivity index (χ3v) is 5.69. The van der Waals surface area contributed by atoms with Crippen LogP contribution >= 0.6 is 11.6 Å². The van der Waals surface area contributed by atoms with Gasteiger partial charge in [-0.2, -0.15) is 0 Å². The molecule has 4 rings (SSSR count). The monoisotopic (exact) mass is 468 g/mol. The Labute approximate surface area is 204 Å². The molecule has 0 unspecified atom stereocenters. The Balaban J connectivity index is 1.52. The molecule has 0 aromatic heterocycles. The van der Waals surface area contributed by atoms with Gasteiger partial charge in [0.2, 0.25) is 5.91 Å². The van der Waals surface area contributed by atoms with E-state index >= 15 is 0 Å². The summed E-state index contributed by atoms with van der Waals surface area (Å²) < 4.78 is 0. The highest BCUT2D eigenvalue weighted by atomic mass is 35.5. The van der Waals surface area contributed by atoms with Crippen LogP contribution in [0.1, 0.15) is 27.0 Å². The van der Waals surface area contributed by atoms with E-state index < -0.39 is 0 Å². The van der Waals surface area contributed by atoms with E-state index in [-0.39, 0.29) is 18.2 Å². The largest absolute Gasteiger partial charge is 0.326 e. The molecular formula is C29H25ClN2O2. The van der Waals surface area contributed by atoms with Gasteiger partial charge in [0.1, 0.15) is 0 Å². The third-order valence-electron chi connectivity index (χ3n) is 5.43. The van der Waals surface area contributed by atoms with E-state index in [0.29, 0.717) is 17.1 Å². The summed E-state index contributed by atoms with van der Waals surface area (Å²) in [6.07, 6.45) is 0.248. The standard InChI is InChI=1S/C29H25ClN2O2/c1-21-6-5-9-26(18-21)31-28(33)19-22-10-16-27(17-11-22)32(20-23-7-3-2-4-8-23)29(34)24-12-14-25(30)15-13-24/h2-18H,19-20H2,1H3,(H,31,33). The lowest BCUT2D eigenvalue weighted by Gasteiger charge is -2.23. The molecule has 0 saturated carbocycles. The van der Waals surface area contributed by atoms with Crippen LogP contribution in [0.15, 0.2) is 103 Å². The van der Waals surface area contributed by atoms with Crippen LogP contribution in [0.2, 0.25) is 5.02 Å². The SMILES string of the molecule is Cc1cccc(NC(=O)Cc2ccc(N(Cc3ccccc3)C(=O)c3ccc(Cl)cc3)cc2)c1. The van der Waals surface area contributed by atoms with Gasteiger partial charge >= 0.3 is 0 Å². The first-order valence-corrected chi connectivity index (χ1v) is 11.4. The normalized spacial score (nSPS) is 10.5. The lowest BCUT2D eigenvalue weighted by molar-refractivity contribution is -0.115. The molecule has 34 heavy (non-hydrogen) atoms. The third kappa shape index (κ3) is 6.12. The second kappa shape index (κ2) is 10.8. The van der Waals surface area contributed by atoms with Crippen molar-refractivity contribution in [2.75, 3.05) is 10.2 Å². The fourth-order valence-corrected chi connectivity index (χ4v) is 3.83. The summed E-state index contributed by atoms with van der Waals surface area (Å²) in [5, 5.41) is 3.51. The molecule has 0 spiro atoms. The van der Waals surface area contributed by atoms with E-state index in [1.54, 1.807) is 29.2 Å². The predicted octanol–water partition coefficient (Wildman–Crippen LogP) is 6.68. The molecule has 0 fully saturated rings. The van der Waals surface area contributed by atoms with Crippen LogP contribution in [0.5, 0.6) is 0 Å². The van der Waals surface area contributed by atoms with Gasteiger partial charge in [0, 0.05) is 22.0 Å². The van der Waals surface area contributed by atoms with Crippen molar-refractivity contribution in [3.8, 4) is 0 Å². The van der Waals surface area contributed by atoms with Crippen LogP contribution in [-0.4, -0.2) is 11.8 Å². The Morgan fingerprint density at radius 1 is 0.794 bits per heavy atom. The molecule has 0 aliphatic heterocycles. The summed E-state index contributed by atoms with van der Waals surface area (Å²) in [4.78, 5) is 27.6. The topological polar surface area (TPSA) is 49.4 Å². The number of carbonyl (C=O) groups excluding carboxylic acids is 2. The van der Waals surface area contributed by atoms with Gasteiger partial charge in [-0.15, -0.1) is 0 Å². The highest BCUT2D eigenvalue weighted by Gasteiger charge is 2.18. The average Bonchev–Trinajstić information content (AvgIpc) is 2.84. The van der Waals surface area contributed by atoms with Crippen molar-refractivity contribution in [1.29, 1.82) is 0 Å². The van der Waals surface area contributed by atoms with Crippen LogP contribution in [0, 0.1) is 6.92 Å². The number of halogens is 1. The Kier molecular flexibility index (Phi) is 7.41. The Morgan fingerprint density at radius 2 is 1.50 bits per heavy atom. The van der Waals surface area contributed by atoms with Crippen molar-refractivity contribution < 1.29 is 9.59 Å². The van der Waals surface area contributed by atoms with E-state index in [0.717, 1.165) is 28.1 Å². The number of carbonyl (C=O) groups is 2. The summed E-state index contributed by atoms with van der Waals surface area (Å²) in [5.41, 5.74) is 5.07. The summed E-state index contributed by atoms with van der Waals surface area (Å²) in [5.74, 6) is -0.206. The summed E-state index contributed by atoms with van der Waals surface area (Å²) in [6.45, 7) is 2.41. The molecule has 0 atom stereocenters. The number of aryl methyl sites for hydroxylation is 1. The first kappa shape index (κ1) is 23.3. The molecule has 0 aliphatic rings. The maximum absolute atomic E-state index is 13.4. The molecule has 4 aromatic rings. The smallest absolute Gasteiger partial charge is 0.258 e. The van der Waals surface area contributed by atoms with Crippen LogP contribution in [0.3, 0.4) is 0 Å². The zero-order valence-corrected chi connectivity index (χ0v) is 19.6. The lowest BCUT2D eigenvalue weighted by Crippen LogP contribution is -2.30. The molecule has 170 valence electrons. The van der Waals surface area contributed by atoms with Gasteiger partial charge in [0.05, 0.1) is 13.0 Å². The van der Waals surface area contributed by atoms with Crippen LogP contribution in [-0.2, 0) is 17.8 Å². The van der Waals surface area contributed by atoms with Gasteiger partial charge in [-0.05, 0) is 72.1 Å². The Morgan fingerprint density at radius 3 is 2.18 bits per heavy atom. The molecule has 0 heterocycles. The fourth-order valence-electron chi connectivity index (χ4n) is 3.70. The number of benzene rings is 4. The van der Waals surface area contributed by atoms with E-state index in [9.17, 15) is 9.59 Å². The average molecular weight is 469 g/mol. The van der Waals surface area contributed by atoms with Gasteiger partial charge < -0.3 is 10.2 Å². The van der Waals surface area contributed by atoms with Gasteiger partial charge in [0.25, 0.3) is 5.91 Å². The van der Waals surface area contributed by atoms with E-state index in [2.05, 4.69) is 5.32 Å². The molecule has 0 aliphatic carbocycles. The molecule has 5 heteroatoms. The Hall–Kier alpha value is -3.89. The van der Waals surface area contributed by atoms with Crippen molar-refractivity contribution in [1.82, 2.24) is 0 Å². The first-order valence-electron chi connectivity index (χ1n) is 11.0. The molecule has 0 radical (unpaired) electrons. The highest BCUT2D eigenvalue weighted by molar-refractivity contribution is 6.30. The van der Waals surface area contributed by atoms with Gasteiger partial charge in [-0.25, -0.2) is 0 Å². The van der Waals surface area contributed by atoms with Crippen molar-refractivity contribution >= 4 is 34.8 Å². The lowest BCUT2D eigenvalue weighted by atomic mass is 10.1. The van der Waals surface area contributed by atoms with Crippen LogP contribution < -0.4 is 10.2 Å². The number of amides is 2. The number of rotatable bonds is 7. The minimum absolute atomic E-state index is 0.0864. The zero-order valence-electron chi connectivity index (χ0n) is 18.9. The van der Waals surface area contributed by atoms with Crippen LogP contribution in [0.25, 0.3) is 0 Å². The summed E-state index contributed by atoms with van der Waals surface area (Å²) in [7, 11) is 0. The number of hydrogen-bond acceptors (Lipinski definition) is 2. The van der Waals surface area contributed by atoms with Gasteiger partial charge in [-0.1, -0.05) is 66.2 Å². The highest BCUT2D eigenvalue weighted by Crippen LogP contribution is 2.22. The molecule has 0 bridgehead atoms. The van der Waals surface area contributed by atoms with Crippen molar-refractivity contribution in [2.24, 2.45) is 0 Å². The summed E-state index contributed by atoms with van der Waals surface area (Å²) >= 11 is 6.00. The number of nitrogens with one attached hydrogen (secondary N) is 1. The maximum atomic E-state index is 13.4. The second-order valence-corrected chi connectivity index (χ2v) is 8.58. The molecular weight excluding hydrogens is 444 g/mol. The minimum Gasteiger partial charge on any atom is -0.326 e. The minimum atomic E-state index is -0.120. The number of nitrogens with zero attached hydrogens (tertiary/aromatic N) is 1. The van der Waals surface area contributed by atoms with Gasteiger partial charge in [0.15, 0.2) is 0 Å². The van der Waals surface area contributed by atoms with Crippen molar-refractivity contribution in [2.45, 2.75) is 19.9 Å². The number of anilines is 2. The van der Waals surface area contributed by atoms with E-state index in [4.69, 9.17) is 11.6 Å². The number of hydrogen-bond donors (Lipinski definition) is 1. The molecule has 0 saturated heterocycles.